The first-order valence-electron chi connectivity index (χ1n) is 8.56. The first-order valence-corrected chi connectivity index (χ1v) is 8.56. The van der Waals surface area contributed by atoms with Gasteiger partial charge in [0, 0.05) is 29.1 Å². The highest BCUT2D eigenvalue weighted by molar-refractivity contribution is 6.11. The van der Waals surface area contributed by atoms with Crippen LogP contribution in [0.2, 0.25) is 0 Å². The van der Waals surface area contributed by atoms with Gasteiger partial charge < -0.3 is 16.2 Å². The summed E-state index contributed by atoms with van der Waals surface area (Å²) in [5.41, 5.74) is 15.3. The van der Waals surface area contributed by atoms with E-state index in [0.29, 0.717) is 45.5 Å². The molecule has 9 heteroatoms. The third-order valence-electron chi connectivity index (χ3n) is 4.95. The van der Waals surface area contributed by atoms with Gasteiger partial charge in [0.25, 0.3) is 5.91 Å². The lowest BCUT2D eigenvalue weighted by atomic mass is 10.1. The van der Waals surface area contributed by atoms with Gasteiger partial charge in [0.1, 0.15) is 17.3 Å². The van der Waals surface area contributed by atoms with Crippen molar-refractivity contribution in [3.05, 3.63) is 46.5 Å². The standard InChI is InChI=1S/C19H19FN6O2/c1-8-13(20)5-14-12(6-23-25-14)16(8)26-17(21)15(18(22)27)11-4-10(7-28-3)9(2)24-19(11)26/h4-6H,7,21H2,1-3H3,(H2,22,27)(H,23,25). The van der Waals surface area contributed by atoms with E-state index in [1.807, 2.05) is 6.92 Å². The molecule has 1 amide bonds. The number of nitrogens with zero attached hydrogens (tertiary/aromatic N) is 3. The van der Waals surface area contributed by atoms with Crippen LogP contribution in [0.5, 0.6) is 0 Å². The number of pyridine rings is 1. The number of fused-ring (bicyclic) bond motifs is 2. The zero-order chi connectivity index (χ0) is 20.2. The molecule has 0 unspecified atom stereocenters. The molecule has 4 aromatic rings. The molecular weight excluding hydrogens is 363 g/mol. The Morgan fingerprint density at radius 1 is 1.32 bits per heavy atom. The van der Waals surface area contributed by atoms with E-state index in [0.717, 1.165) is 5.56 Å². The first-order chi connectivity index (χ1) is 13.3. The Bertz CT molecular complexity index is 1260. The number of benzene rings is 1. The molecule has 1 aromatic carbocycles. The molecule has 5 N–H and O–H groups in total. The molecule has 0 spiro atoms. The van der Waals surface area contributed by atoms with Gasteiger partial charge in [0.05, 0.1) is 29.6 Å². The van der Waals surface area contributed by atoms with E-state index < -0.39 is 11.7 Å². The van der Waals surface area contributed by atoms with Crippen molar-refractivity contribution in [2.24, 2.45) is 5.73 Å². The maximum absolute atomic E-state index is 14.6. The molecule has 0 aliphatic carbocycles. The van der Waals surface area contributed by atoms with E-state index in [4.69, 9.17) is 16.2 Å². The van der Waals surface area contributed by atoms with Crippen LogP contribution in [0, 0.1) is 19.7 Å². The Kier molecular flexibility index (Phi) is 4.04. The molecule has 28 heavy (non-hydrogen) atoms. The number of amides is 1. The van der Waals surface area contributed by atoms with E-state index >= 15 is 0 Å². The summed E-state index contributed by atoms with van der Waals surface area (Å²) in [5.74, 6) is -1.02. The van der Waals surface area contributed by atoms with Crippen LogP contribution in [0.25, 0.3) is 27.6 Å². The molecular formula is C19H19FN6O2. The second-order valence-corrected chi connectivity index (χ2v) is 6.66. The largest absolute Gasteiger partial charge is 0.384 e. The lowest BCUT2D eigenvalue weighted by Crippen LogP contribution is -2.14. The van der Waals surface area contributed by atoms with Crippen LogP contribution >= 0.6 is 0 Å². The first kappa shape index (κ1) is 17.9. The van der Waals surface area contributed by atoms with E-state index in [9.17, 15) is 9.18 Å². The predicted octanol–water partition coefficient (Wildman–Crippen LogP) is 2.49. The van der Waals surface area contributed by atoms with Crippen molar-refractivity contribution in [1.29, 1.82) is 0 Å². The van der Waals surface area contributed by atoms with Crippen LogP contribution in [0.15, 0.2) is 18.3 Å². The highest BCUT2D eigenvalue weighted by atomic mass is 19.1. The Morgan fingerprint density at radius 2 is 2.07 bits per heavy atom. The van der Waals surface area contributed by atoms with Crippen molar-refractivity contribution in [1.82, 2.24) is 19.7 Å². The summed E-state index contributed by atoms with van der Waals surface area (Å²) in [6.07, 6.45) is 1.58. The van der Waals surface area contributed by atoms with Crippen LogP contribution in [0.4, 0.5) is 10.2 Å². The molecule has 0 aliphatic heterocycles. The topological polar surface area (TPSA) is 125 Å². The van der Waals surface area contributed by atoms with Crippen LogP contribution in [0.3, 0.4) is 0 Å². The Balaban J connectivity index is 2.19. The van der Waals surface area contributed by atoms with Gasteiger partial charge in [-0.2, -0.15) is 5.10 Å². The predicted molar refractivity (Wildman–Crippen MR) is 104 cm³/mol. The fourth-order valence-electron chi connectivity index (χ4n) is 3.57. The highest BCUT2D eigenvalue weighted by Crippen LogP contribution is 2.36. The number of halogens is 1. The van der Waals surface area contributed by atoms with E-state index in [1.54, 1.807) is 30.9 Å². The Morgan fingerprint density at radius 3 is 2.75 bits per heavy atom. The molecule has 0 radical (unpaired) electrons. The number of aryl methyl sites for hydroxylation is 1. The molecule has 0 fully saturated rings. The van der Waals surface area contributed by atoms with E-state index in [-0.39, 0.29) is 11.4 Å². The van der Waals surface area contributed by atoms with Crippen molar-refractivity contribution in [3.63, 3.8) is 0 Å². The number of carbonyl (C=O) groups excluding carboxylic acids is 1. The number of nitrogens with two attached hydrogens (primary N) is 2. The minimum absolute atomic E-state index is 0.0974. The molecule has 0 aliphatic rings. The number of anilines is 1. The second-order valence-electron chi connectivity index (χ2n) is 6.66. The van der Waals surface area contributed by atoms with Gasteiger partial charge in [0.2, 0.25) is 0 Å². The number of nitrogen functional groups attached to an aromatic ring is 1. The number of hydrogen-bond acceptors (Lipinski definition) is 5. The van der Waals surface area contributed by atoms with Crippen molar-refractivity contribution in [3.8, 4) is 5.69 Å². The number of H-pyrrole nitrogens is 1. The molecule has 144 valence electrons. The number of carbonyl (C=O) groups is 1. The summed E-state index contributed by atoms with van der Waals surface area (Å²) in [4.78, 5) is 16.8. The average molecular weight is 382 g/mol. The minimum atomic E-state index is -0.687. The maximum Gasteiger partial charge on any atom is 0.253 e. The number of hydrogen-bond donors (Lipinski definition) is 3. The van der Waals surface area contributed by atoms with Crippen molar-refractivity contribution in [2.45, 2.75) is 20.5 Å². The summed E-state index contributed by atoms with van der Waals surface area (Å²) < 4.78 is 21.4. The molecule has 3 aromatic heterocycles. The van der Waals surface area contributed by atoms with Crippen LogP contribution in [0.1, 0.15) is 27.2 Å². The quantitative estimate of drug-likeness (QED) is 0.500. The fraction of sp³-hybridized carbons (Fsp3) is 0.211. The molecule has 0 bridgehead atoms. The number of aromatic nitrogens is 4. The number of aromatic amines is 1. The van der Waals surface area contributed by atoms with Gasteiger partial charge in [-0.15, -0.1) is 0 Å². The summed E-state index contributed by atoms with van der Waals surface area (Å²) in [6, 6.07) is 3.16. The van der Waals surface area contributed by atoms with Crippen LogP contribution in [-0.2, 0) is 11.3 Å². The SMILES string of the molecule is COCc1cc2c(C(N)=O)c(N)n(-c3c(C)c(F)cc4[nH]ncc34)c2nc1C. The zero-order valence-electron chi connectivity index (χ0n) is 15.6. The third kappa shape index (κ3) is 2.43. The monoisotopic (exact) mass is 382 g/mol. The fourth-order valence-corrected chi connectivity index (χ4v) is 3.57. The van der Waals surface area contributed by atoms with Gasteiger partial charge in [-0.25, -0.2) is 9.37 Å². The molecule has 0 saturated heterocycles. The third-order valence-corrected chi connectivity index (χ3v) is 4.95. The molecule has 3 heterocycles. The molecule has 0 atom stereocenters. The molecule has 8 nitrogen and oxygen atoms in total. The minimum Gasteiger partial charge on any atom is -0.384 e. The Labute approximate surface area is 159 Å². The van der Waals surface area contributed by atoms with Crippen LogP contribution in [-0.4, -0.2) is 32.8 Å². The van der Waals surface area contributed by atoms with Gasteiger partial charge >= 0.3 is 0 Å². The molecule has 0 saturated carbocycles. The zero-order valence-corrected chi connectivity index (χ0v) is 15.6. The number of rotatable bonds is 4. The summed E-state index contributed by atoms with van der Waals surface area (Å²) in [7, 11) is 1.57. The normalized spacial score (nSPS) is 11.6. The van der Waals surface area contributed by atoms with Gasteiger partial charge in [-0.05, 0) is 31.5 Å². The van der Waals surface area contributed by atoms with E-state index in [1.165, 1.54) is 6.07 Å². The van der Waals surface area contributed by atoms with Gasteiger partial charge in [-0.1, -0.05) is 0 Å². The lowest BCUT2D eigenvalue weighted by molar-refractivity contribution is 0.100. The van der Waals surface area contributed by atoms with Crippen molar-refractivity contribution in [2.75, 3.05) is 12.8 Å². The number of nitrogens with one attached hydrogen (secondary N) is 1. The van der Waals surface area contributed by atoms with Crippen LogP contribution < -0.4 is 11.5 Å². The smallest absolute Gasteiger partial charge is 0.253 e. The van der Waals surface area contributed by atoms with E-state index in [2.05, 4.69) is 15.2 Å². The highest BCUT2D eigenvalue weighted by Gasteiger charge is 2.25. The number of methoxy groups -OCH3 is 1. The average Bonchev–Trinajstić information content (AvgIpc) is 3.19. The maximum atomic E-state index is 14.6. The summed E-state index contributed by atoms with van der Waals surface area (Å²) in [5, 5.41) is 7.90. The Hall–Kier alpha value is -3.46. The number of primary amides is 1. The molecule has 4 rings (SSSR count). The van der Waals surface area contributed by atoms with Gasteiger partial charge in [-0.3, -0.25) is 14.5 Å². The summed E-state index contributed by atoms with van der Waals surface area (Å²) in [6.45, 7) is 3.79. The number of ether oxygens (including phenoxy) is 1. The lowest BCUT2D eigenvalue weighted by Gasteiger charge is -2.14. The van der Waals surface area contributed by atoms with Crippen molar-refractivity contribution < 1.29 is 13.9 Å². The second kappa shape index (κ2) is 6.31. The summed E-state index contributed by atoms with van der Waals surface area (Å²) >= 11 is 0. The van der Waals surface area contributed by atoms with Crippen molar-refractivity contribution >= 4 is 33.7 Å². The van der Waals surface area contributed by atoms with Gasteiger partial charge in [0.15, 0.2) is 0 Å².